The fraction of sp³-hybridized carbons (Fsp3) is 0.310. The molecule has 2 aliphatic heterocycles. The molecule has 3 heterocycles. The predicted molar refractivity (Wildman–Crippen MR) is 145 cm³/mol. The molecule has 39 heavy (non-hydrogen) atoms. The molecule has 2 aromatic carbocycles. The summed E-state index contributed by atoms with van der Waals surface area (Å²) in [4.78, 5) is 48.0. The summed E-state index contributed by atoms with van der Waals surface area (Å²) in [7, 11) is 0. The van der Waals surface area contributed by atoms with Crippen molar-refractivity contribution in [2.45, 2.75) is 13.3 Å². The third kappa shape index (κ3) is 5.61. The van der Waals surface area contributed by atoms with E-state index in [-0.39, 0.29) is 22.9 Å². The molecule has 9 nitrogen and oxygen atoms in total. The normalized spacial score (nSPS) is 15.4. The van der Waals surface area contributed by atoms with Gasteiger partial charge in [0.2, 0.25) is 0 Å². The molecule has 1 saturated heterocycles. The number of hydrogen-bond donors (Lipinski definition) is 1. The van der Waals surface area contributed by atoms with Crippen LogP contribution in [-0.2, 0) is 0 Å². The number of hydrogen-bond acceptors (Lipinski definition) is 7. The van der Waals surface area contributed by atoms with E-state index in [2.05, 4.69) is 20.1 Å². The number of carbonyl (C=O) groups is 3. The second-order valence-corrected chi connectivity index (χ2v) is 9.39. The Morgan fingerprint density at radius 3 is 2.46 bits per heavy atom. The lowest BCUT2D eigenvalue weighted by Gasteiger charge is -2.36. The molecule has 2 aliphatic rings. The maximum Gasteiger partial charge on any atom is 0.266 e. The summed E-state index contributed by atoms with van der Waals surface area (Å²) in [5.41, 5.74) is 2.18. The van der Waals surface area contributed by atoms with Crippen molar-refractivity contribution in [1.82, 2.24) is 15.2 Å². The number of pyridine rings is 1. The standard InChI is InChI=1S/C29H30FN5O4/c1-2-39-26-19-21(30)5-7-25(26)34-16-14-33(15-17-34)13-3-10-32-27(36)20-4-6-23-24(18-20)29(38)35(28(23)37)22-8-11-31-12-9-22/h4-9,11-12,18-19H,2-3,10,13-17H2,1H3,(H,32,36). The molecule has 10 heteroatoms. The molecule has 3 amide bonds. The van der Waals surface area contributed by atoms with E-state index < -0.39 is 11.8 Å². The number of nitrogens with one attached hydrogen (secondary N) is 1. The number of imide groups is 1. The Hall–Kier alpha value is -4.31. The third-order valence-corrected chi connectivity index (χ3v) is 6.94. The third-order valence-electron chi connectivity index (χ3n) is 6.94. The number of aromatic nitrogens is 1. The molecule has 0 bridgehead atoms. The Balaban J connectivity index is 1.10. The number of rotatable bonds is 9. The van der Waals surface area contributed by atoms with Crippen molar-refractivity contribution >= 4 is 29.1 Å². The van der Waals surface area contributed by atoms with Gasteiger partial charge in [0.1, 0.15) is 11.6 Å². The van der Waals surface area contributed by atoms with Crippen LogP contribution in [0.4, 0.5) is 15.8 Å². The molecular weight excluding hydrogens is 501 g/mol. The second-order valence-electron chi connectivity index (χ2n) is 9.39. The fourth-order valence-corrected chi connectivity index (χ4v) is 4.95. The van der Waals surface area contributed by atoms with E-state index >= 15 is 0 Å². The molecule has 1 aromatic heterocycles. The summed E-state index contributed by atoms with van der Waals surface area (Å²) in [6.45, 7) is 6.98. The van der Waals surface area contributed by atoms with Crippen LogP contribution in [0.15, 0.2) is 60.9 Å². The van der Waals surface area contributed by atoms with Crippen LogP contribution in [0.25, 0.3) is 0 Å². The average Bonchev–Trinajstić information content (AvgIpc) is 3.21. The van der Waals surface area contributed by atoms with Gasteiger partial charge in [0, 0.05) is 56.7 Å². The zero-order valence-electron chi connectivity index (χ0n) is 21.7. The van der Waals surface area contributed by atoms with E-state index in [0.29, 0.717) is 30.2 Å². The van der Waals surface area contributed by atoms with Crippen molar-refractivity contribution < 1.29 is 23.5 Å². The molecule has 202 valence electrons. The Bertz CT molecular complexity index is 1380. The van der Waals surface area contributed by atoms with Crippen molar-refractivity contribution in [2.24, 2.45) is 0 Å². The van der Waals surface area contributed by atoms with Gasteiger partial charge >= 0.3 is 0 Å². The summed E-state index contributed by atoms with van der Waals surface area (Å²) in [6.07, 6.45) is 3.80. The first-order chi connectivity index (χ1) is 19.0. The Morgan fingerprint density at radius 2 is 1.72 bits per heavy atom. The maximum atomic E-state index is 13.6. The number of halogens is 1. The minimum absolute atomic E-state index is 0.219. The zero-order chi connectivity index (χ0) is 27.4. The number of anilines is 2. The van der Waals surface area contributed by atoms with E-state index in [0.717, 1.165) is 49.7 Å². The van der Waals surface area contributed by atoms with Gasteiger partial charge in [-0.2, -0.15) is 0 Å². The van der Waals surface area contributed by atoms with E-state index in [4.69, 9.17) is 4.74 Å². The molecule has 0 atom stereocenters. The molecule has 0 unspecified atom stereocenters. The highest BCUT2D eigenvalue weighted by molar-refractivity contribution is 6.34. The number of fused-ring (bicyclic) bond motifs is 1. The monoisotopic (exact) mass is 531 g/mol. The number of ether oxygens (including phenoxy) is 1. The maximum absolute atomic E-state index is 13.6. The van der Waals surface area contributed by atoms with Crippen LogP contribution in [0.5, 0.6) is 5.75 Å². The van der Waals surface area contributed by atoms with E-state index in [1.807, 2.05) is 6.92 Å². The topological polar surface area (TPSA) is 95.1 Å². The van der Waals surface area contributed by atoms with Gasteiger partial charge in [0.15, 0.2) is 0 Å². The second kappa shape index (κ2) is 11.6. The lowest BCUT2D eigenvalue weighted by Crippen LogP contribution is -2.47. The number of piperazine rings is 1. The van der Waals surface area contributed by atoms with Crippen LogP contribution in [0.2, 0.25) is 0 Å². The summed E-state index contributed by atoms with van der Waals surface area (Å²) in [5, 5.41) is 2.91. The van der Waals surface area contributed by atoms with Crippen LogP contribution >= 0.6 is 0 Å². The first-order valence-corrected chi connectivity index (χ1v) is 13.1. The smallest absolute Gasteiger partial charge is 0.266 e. The van der Waals surface area contributed by atoms with Crippen molar-refractivity contribution in [3.8, 4) is 5.75 Å². The van der Waals surface area contributed by atoms with Crippen molar-refractivity contribution in [3.05, 3.63) is 83.4 Å². The minimum atomic E-state index is -0.455. The molecule has 1 N–H and O–H groups in total. The molecule has 0 aliphatic carbocycles. The quantitative estimate of drug-likeness (QED) is 0.334. The first kappa shape index (κ1) is 26.3. The first-order valence-electron chi connectivity index (χ1n) is 13.1. The van der Waals surface area contributed by atoms with Crippen molar-refractivity contribution in [1.29, 1.82) is 0 Å². The number of benzene rings is 2. The number of amides is 3. The van der Waals surface area contributed by atoms with Gasteiger partial charge < -0.3 is 15.0 Å². The van der Waals surface area contributed by atoms with E-state index in [1.54, 1.807) is 24.3 Å². The van der Waals surface area contributed by atoms with Gasteiger partial charge in [-0.05, 0) is 62.4 Å². The fourth-order valence-electron chi connectivity index (χ4n) is 4.95. The van der Waals surface area contributed by atoms with Crippen molar-refractivity contribution in [2.75, 3.05) is 55.7 Å². The Labute approximate surface area is 226 Å². The van der Waals surface area contributed by atoms with Gasteiger partial charge in [0.05, 0.1) is 29.1 Å². The molecular formula is C29H30FN5O4. The summed E-state index contributed by atoms with van der Waals surface area (Å²) in [5.74, 6) is -0.901. The summed E-state index contributed by atoms with van der Waals surface area (Å²) in [6, 6.07) is 12.4. The van der Waals surface area contributed by atoms with Gasteiger partial charge in [-0.1, -0.05) is 0 Å². The molecule has 3 aromatic rings. The van der Waals surface area contributed by atoms with Gasteiger partial charge in [-0.3, -0.25) is 24.3 Å². The molecule has 1 fully saturated rings. The highest BCUT2D eigenvalue weighted by Crippen LogP contribution is 2.30. The highest BCUT2D eigenvalue weighted by atomic mass is 19.1. The van der Waals surface area contributed by atoms with Crippen LogP contribution < -0.4 is 19.9 Å². The van der Waals surface area contributed by atoms with Crippen LogP contribution in [0.3, 0.4) is 0 Å². The van der Waals surface area contributed by atoms with Gasteiger partial charge in [0.25, 0.3) is 17.7 Å². The molecule has 0 radical (unpaired) electrons. The summed E-state index contributed by atoms with van der Waals surface area (Å²) < 4.78 is 19.3. The van der Waals surface area contributed by atoms with E-state index in [1.165, 1.54) is 36.7 Å². The SMILES string of the molecule is CCOc1cc(F)ccc1N1CCN(CCCNC(=O)c2ccc3c(c2)C(=O)N(c2ccncc2)C3=O)CC1. The summed E-state index contributed by atoms with van der Waals surface area (Å²) >= 11 is 0. The minimum Gasteiger partial charge on any atom is -0.492 e. The predicted octanol–water partition coefficient (Wildman–Crippen LogP) is 3.36. The molecule has 0 spiro atoms. The zero-order valence-corrected chi connectivity index (χ0v) is 21.7. The number of nitrogens with zero attached hydrogens (tertiary/aromatic N) is 4. The largest absolute Gasteiger partial charge is 0.492 e. The van der Waals surface area contributed by atoms with Crippen molar-refractivity contribution in [3.63, 3.8) is 0 Å². The van der Waals surface area contributed by atoms with Crippen LogP contribution in [0, 0.1) is 5.82 Å². The molecule has 0 saturated carbocycles. The molecule has 5 rings (SSSR count). The van der Waals surface area contributed by atoms with Gasteiger partial charge in [-0.15, -0.1) is 0 Å². The number of carbonyl (C=O) groups excluding carboxylic acids is 3. The Morgan fingerprint density at radius 1 is 0.974 bits per heavy atom. The highest BCUT2D eigenvalue weighted by Gasteiger charge is 2.37. The lowest BCUT2D eigenvalue weighted by molar-refractivity contribution is 0.0923. The average molecular weight is 532 g/mol. The van der Waals surface area contributed by atoms with E-state index in [9.17, 15) is 18.8 Å². The van der Waals surface area contributed by atoms with Gasteiger partial charge in [-0.25, -0.2) is 9.29 Å². The Kier molecular flexibility index (Phi) is 7.83. The lowest BCUT2D eigenvalue weighted by atomic mass is 10.1. The van der Waals surface area contributed by atoms with Crippen LogP contribution in [0.1, 0.15) is 44.4 Å². The van der Waals surface area contributed by atoms with Crippen LogP contribution in [-0.4, -0.2) is 73.5 Å².